The number of thioether (sulfide) groups is 1. The van der Waals surface area contributed by atoms with E-state index in [0.29, 0.717) is 13.0 Å². The number of esters is 1. The van der Waals surface area contributed by atoms with E-state index in [-0.39, 0.29) is 5.97 Å². The molecule has 1 rings (SSSR count). The van der Waals surface area contributed by atoms with Crippen LogP contribution in [0.25, 0.3) is 0 Å². The summed E-state index contributed by atoms with van der Waals surface area (Å²) in [6.07, 6.45) is 0.585. The summed E-state index contributed by atoms with van der Waals surface area (Å²) < 4.78 is 5.72. The number of carbonyl (C=O) groups excluding carboxylic acids is 1. The molecule has 0 aromatic carbocycles. The number of hydrogen-bond acceptors (Lipinski definition) is 7. The van der Waals surface area contributed by atoms with E-state index in [1.54, 1.807) is 30.0 Å². The lowest BCUT2D eigenvalue weighted by molar-refractivity contribution is -0.144. The average Bonchev–Trinajstić information content (AvgIpc) is 2.64. The van der Waals surface area contributed by atoms with E-state index in [9.17, 15) is 4.79 Å². The van der Waals surface area contributed by atoms with Gasteiger partial charge in [0, 0.05) is 5.75 Å². The van der Waals surface area contributed by atoms with Crippen molar-refractivity contribution in [2.75, 3.05) is 12.4 Å². The molecule has 1 atom stereocenters. The van der Waals surface area contributed by atoms with Gasteiger partial charge in [0.05, 0.1) is 6.61 Å². The quantitative estimate of drug-likeness (QED) is 0.613. The molecule has 1 aromatic rings. The number of aryl methyl sites for hydroxylation is 1. The van der Waals surface area contributed by atoms with Gasteiger partial charge in [-0.3, -0.25) is 4.79 Å². The van der Waals surface area contributed by atoms with Crippen LogP contribution >= 0.6 is 23.1 Å². The fourth-order valence-electron chi connectivity index (χ4n) is 0.977. The van der Waals surface area contributed by atoms with Crippen molar-refractivity contribution in [1.82, 2.24) is 10.2 Å². The van der Waals surface area contributed by atoms with E-state index < -0.39 is 6.04 Å². The molecular formula is C9H15N3O2S2. The molecule has 1 heterocycles. The number of aromatic nitrogens is 2. The van der Waals surface area contributed by atoms with Gasteiger partial charge in [-0.2, -0.15) is 0 Å². The molecule has 0 saturated carbocycles. The molecule has 0 aliphatic rings. The van der Waals surface area contributed by atoms with Crippen LogP contribution < -0.4 is 5.73 Å². The highest BCUT2D eigenvalue weighted by atomic mass is 32.2. The lowest BCUT2D eigenvalue weighted by Crippen LogP contribution is -2.32. The molecule has 0 bridgehead atoms. The van der Waals surface area contributed by atoms with Crippen molar-refractivity contribution in [1.29, 1.82) is 0 Å². The number of rotatable bonds is 6. The molecule has 16 heavy (non-hydrogen) atoms. The summed E-state index contributed by atoms with van der Waals surface area (Å²) in [4.78, 5) is 11.2. The topological polar surface area (TPSA) is 78.1 Å². The fraction of sp³-hybridized carbons (Fsp3) is 0.667. The molecule has 1 aromatic heterocycles. The molecule has 2 N–H and O–H groups in total. The van der Waals surface area contributed by atoms with Crippen LogP contribution in [-0.4, -0.2) is 34.6 Å². The van der Waals surface area contributed by atoms with Gasteiger partial charge in [0.25, 0.3) is 0 Å². The Morgan fingerprint density at radius 1 is 1.62 bits per heavy atom. The van der Waals surface area contributed by atoms with Crippen LogP contribution in [0.4, 0.5) is 0 Å². The molecule has 7 heteroatoms. The summed E-state index contributed by atoms with van der Waals surface area (Å²) in [7, 11) is 0. The molecule has 0 saturated heterocycles. The highest BCUT2D eigenvalue weighted by molar-refractivity contribution is 8.01. The van der Waals surface area contributed by atoms with Gasteiger partial charge in [-0.15, -0.1) is 10.2 Å². The fourth-order valence-corrected chi connectivity index (χ4v) is 2.89. The first kappa shape index (κ1) is 13.4. The van der Waals surface area contributed by atoms with E-state index in [1.165, 1.54) is 0 Å². The summed E-state index contributed by atoms with van der Waals surface area (Å²) in [6, 6.07) is -0.540. The van der Waals surface area contributed by atoms with Gasteiger partial charge >= 0.3 is 5.97 Å². The third-order valence-corrected chi connectivity index (χ3v) is 3.76. The van der Waals surface area contributed by atoms with Crippen molar-refractivity contribution in [3.05, 3.63) is 5.01 Å². The van der Waals surface area contributed by atoms with Gasteiger partial charge in [-0.25, -0.2) is 0 Å². The maximum atomic E-state index is 11.2. The van der Waals surface area contributed by atoms with Gasteiger partial charge < -0.3 is 10.5 Å². The molecule has 0 radical (unpaired) electrons. The normalized spacial score (nSPS) is 12.4. The smallest absolute Gasteiger partial charge is 0.322 e. The third-order valence-electron chi connectivity index (χ3n) is 1.75. The monoisotopic (exact) mass is 261 g/mol. The molecule has 5 nitrogen and oxygen atoms in total. The number of nitrogens with zero attached hydrogens (tertiary/aromatic N) is 2. The van der Waals surface area contributed by atoms with Gasteiger partial charge in [-0.1, -0.05) is 23.1 Å². The first-order chi connectivity index (χ1) is 7.63. The summed E-state index contributed by atoms with van der Waals surface area (Å²) in [5, 5.41) is 8.81. The number of ether oxygens (including phenoxy) is 1. The Morgan fingerprint density at radius 3 is 2.94 bits per heavy atom. The van der Waals surface area contributed by atoms with E-state index in [1.807, 2.05) is 6.92 Å². The molecular weight excluding hydrogens is 246 g/mol. The van der Waals surface area contributed by atoms with Crippen LogP contribution in [-0.2, 0) is 9.53 Å². The Morgan fingerprint density at radius 2 is 2.38 bits per heavy atom. The second-order valence-corrected chi connectivity index (χ2v) is 5.61. The minimum atomic E-state index is -0.540. The largest absolute Gasteiger partial charge is 0.465 e. The lowest BCUT2D eigenvalue weighted by Gasteiger charge is -2.08. The van der Waals surface area contributed by atoms with Crippen LogP contribution in [0.1, 0.15) is 18.4 Å². The van der Waals surface area contributed by atoms with Crippen molar-refractivity contribution in [3.63, 3.8) is 0 Å². The van der Waals surface area contributed by atoms with E-state index in [2.05, 4.69) is 10.2 Å². The lowest BCUT2D eigenvalue weighted by atomic mass is 10.2. The Hall–Kier alpha value is -0.660. The van der Waals surface area contributed by atoms with Crippen molar-refractivity contribution >= 4 is 29.1 Å². The van der Waals surface area contributed by atoms with Crippen molar-refractivity contribution in [2.45, 2.75) is 30.6 Å². The Kier molecular flexibility index (Phi) is 5.72. The summed E-state index contributed by atoms with van der Waals surface area (Å²) in [5.41, 5.74) is 5.65. The predicted molar refractivity (Wildman–Crippen MR) is 64.6 cm³/mol. The first-order valence-electron chi connectivity index (χ1n) is 4.98. The predicted octanol–water partition coefficient (Wildman–Crippen LogP) is 1.22. The van der Waals surface area contributed by atoms with Gasteiger partial charge in [0.2, 0.25) is 0 Å². The van der Waals surface area contributed by atoms with Crippen molar-refractivity contribution in [3.8, 4) is 0 Å². The second kappa shape index (κ2) is 6.82. The van der Waals surface area contributed by atoms with Crippen LogP contribution in [0.2, 0.25) is 0 Å². The van der Waals surface area contributed by atoms with Crippen LogP contribution in [0.15, 0.2) is 4.34 Å². The molecule has 0 fully saturated rings. The van der Waals surface area contributed by atoms with Crippen LogP contribution in [0.3, 0.4) is 0 Å². The molecule has 0 amide bonds. The summed E-state index contributed by atoms with van der Waals surface area (Å²) in [6.45, 7) is 4.05. The zero-order chi connectivity index (χ0) is 12.0. The number of hydrogen-bond donors (Lipinski definition) is 1. The Bertz CT molecular complexity index is 343. The SMILES string of the molecule is CCOC(=O)C(N)CCSc1nnc(C)s1. The Labute approximate surface area is 103 Å². The minimum absolute atomic E-state index is 0.337. The van der Waals surface area contributed by atoms with Gasteiger partial charge in [0.15, 0.2) is 4.34 Å². The molecule has 0 aliphatic carbocycles. The number of carbonyl (C=O) groups is 1. The first-order valence-corrected chi connectivity index (χ1v) is 6.78. The van der Waals surface area contributed by atoms with Gasteiger partial charge in [0.1, 0.15) is 11.0 Å². The number of nitrogens with two attached hydrogens (primary N) is 1. The maximum absolute atomic E-state index is 11.2. The second-order valence-electron chi connectivity index (χ2n) is 3.08. The maximum Gasteiger partial charge on any atom is 0.322 e. The van der Waals surface area contributed by atoms with Crippen molar-refractivity contribution < 1.29 is 9.53 Å². The molecule has 1 unspecified atom stereocenters. The van der Waals surface area contributed by atoms with E-state index >= 15 is 0 Å². The zero-order valence-electron chi connectivity index (χ0n) is 9.30. The molecule has 0 aliphatic heterocycles. The van der Waals surface area contributed by atoms with Crippen LogP contribution in [0.5, 0.6) is 0 Å². The van der Waals surface area contributed by atoms with Crippen molar-refractivity contribution in [2.24, 2.45) is 5.73 Å². The highest BCUT2D eigenvalue weighted by Gasteiger charge is 2.14. The zero-order valence-corrected chi connectivity index (χ0v) is 10.9. The summed E-state index contributed by atoms with van der Waals surface area (Å²) >= 11 is 3.10. The van der Waals surface area contributed by atoms with Crippen LogP contribution in [0, 0.1) is 6.92 Å². The standard InChI is InChI=1S/C9H15N3O2S2/c1-3-14-8(13)7(10)4-5-15-9-12-11-6(2)16-9/h7H,3-5,10H2,1-2H3. The Balaban J connectivity index is 2.22. The van der Waals surface area contributed by atoms with Gasteiger partial charge in [-0.05, 0) is 20.3 Å². The minimum Gasteiger partial charge on any atom is -0.465 e. The summed E-state index contributed by atoms with van der Waals surface area (Å²) in [5.74, 6) is 0.408. The average molecular weight is 261 g/mol. The third kappa shape index (κ3) is 4.46. The molecule has 90 valence electrons. The molecule has 0 spiro atoms. The van der Waals surface area contributed by atoms with E-state index in [4.69, 9.17) is 10.5 Å². The van der Waals surface area contributed by atoms with E-state index in [0.717, 1.165) is 15.1 Å². The highest BCUT2D eigenvalue weighted by Crippen LogP contribution is 2.22.